The summed E-state index contributed by atoms with van der Waals surface area (Å²) in [7, 11) is 1.78. The van der Waals surface area contributed by atoms with E-state index in [2.05, 4.69) is 5.32 Å². The van der Waals surface area contributed by atoms with E-state index in [0.717, 1.165) is 31.2 Å². The van der Waals surface area contributed by atoms with Gasteiger partial charge in [-0.2, -0.15) is 0 Å². The summed E-state index contributed by atoms with van der Waals surface area (Å²) in [6, 6.07) is 8.75. The molecule has 3 rings (SSSR count). The van der Waals surface area contributed by atoms with Crippen LogP contribution in [0.5, 0.6) is 0 Å². The largest absolute Gasteiger partial charge is 0.444 e. The second-order valence-electron chi connectivity index (χ2n) is 14.5. The maximum atomic E-state index is 13.9. The molecule has 1 heterocycles. The van der Waals surface area contributed by atoms with Crippen molar-refractivity contribution in [3.8, 4) is 0 Å². The van der Waals surface area contributed by atoms with Gasteiger partial charge in [0, 0.05) is 26.2 Å². The number of likely N-dealkylation sites (N-methyl/N-ethyl adjacent to an activating group) is 1. The Morgan fingerprint density at radius 2 is 1.61 bits per heavy atom. The summed E-state index contributed by atoms with van der Waals surface area (Å²) in [5.41, 5.74) is -0.190. The van der Waals surface area contributed by atoms with E-state index in [1.54, 1.807) is 16.8 Å². The maximum absolute atomic E-state index is 13.9. The molecule has 0 aromatic heterocycles. The van der Waals surface area contributed by atoms with Crippen molar-refractivity contribution < 1.29 is 28.8 Å². The lowest BCUT2D eigenvalue weighted by atomic mass is 9.84. The lowest BCUT2D eigenvalue weighted by Crippen LogP contribution is -2.58. The van der Waals surface area contributed by atoms with E-state index >= 15 is 0 Å². The number of hydrogen-bond acceptors (Lipinski definition) is 6. The first-order valence-corrected chi connectivity index (χ1v) is 16.1. The van der Waals surface area contributed by atoms with Crippen LogP contribution in [0.3, 0.4) is 0 Å². The Hall–Kier alpha value is -3.14. The Balaban J connectivity index is 1.67. The van der Waals surface area contributed by atoms with Crippen LogP contribution in [0.4, 0.5) is 4.79 Å². The van der Waals surface area contributed by atoms with E-state index in [1.165, 1.54) is 5.06 Å². The monoisotopic (exact) mass is 614 g/mol. The number of hydroxylamine groups is 2. The van der Waals surface area contributed by atoms with Crippen molar-refractivity contribution >= 4 is 24.3 Å². The van der Waals surface area contributed by atoms with Crippen LogP contribution in [-0.2, 0) is 30.6 Å². The number of benzene rings is 1. The number of nitrogens with one attached hydrogen (secondary N) is 1. The summed E-state index contributed by atoms with van der Waals surface area (Å²) in [5, 5.41) is 4.31. The Morgan fingerprint density at radius 3 is 2.16 bits per heavy atom. The molecule has 246 valence electrons. The summed E-state index contributed by atoms with van der Waals surface area (Å²) >= 11 is 0. The van der Waals surface area contributed by atoms with Crippen molar-refractivity contribution in [3.63, 3.8) is 0 Å². The molecular formula is C34H54N4O6. The molecule has 44 heavy (non-hydrogen) atoms. The SMILES string of the molecule is CN(C(=O)C(NC(=O)C(CC1CCCC1)CN(C=O)OCc1ccccc1)C(C)(C)C)C1CCN(C(=O)OC(C)(C)C)CC1. The number of carbonyl (C=O) groups is 4. The predicted octanol–water partition coefficient (Wildman–Crippen LogP) is 5.16. The fourth-order valence-corrected chi connectivity index (χ4v) is 6.04. The molecule has 0 bridgehead atoms. The van der Waals surface area contributed by atoms with Crippen molar-refractivity contribution in [1.29, 1.82) is 0 Å². The first kappa shape index (κ1) is 35.3. The van der Waals surface area contributed by atoms with Gasteiger partial charge in [0.25, 0.3) is 0 Å². The van der Waals surface area contributed by atoms with Gasteiger partial charge in [0.2, 0.25) is 18.2 Å². The molecule has 0 spiro atoms. The number of rotatable bonds is 12. The molecule has 2 atom stereocenters. The van der Waals surface area contributed by atoms with E-state index in [4.69, 9.17) is 9.57 Å². The standard InChI is InChI=1S/C34H54N4O6/c1-33(2,3)29(31(41)36(7)28-17-19-37(20-18-28)32(42)44-34(4,5)6)35-30(40)27(21-25-13-11-12-14-25)22-38(24-39)43-23-26-15-9-8-10-16-26/h8-10,15-16,24-25,27-29H,11-14,17-23H2,1-7H3,(H,35,40). The summed E-state index contributed by atoms with van der Waals surface area (Å²) in [4.78, 5) is 61.6. The van der Waals surface area contributed by atoms with Crippen LogP contribution in [0, 0.1) is 17.3 Å². The van der Waals surface area contributed by atoms with Gasteiger partial charge in [-0.3, -0.25) is 19.2 Å². The van der Waals surface area contributed by atoms with E-state index in [9.17, 15) is 19.2 Å². The van der Waals surface area contributed by atoms with Crippen molar-refractivity contribution in [2.75, 3.05) is 26.7 Å². The number of carbonyl (C=O) groups excluding carboxylic acids is 4. The van der Waals surface area contributed by atoms with Gasteiger partial charge in [0.1, 0.15) is 18.2 Å². The lowest BCUT2D eigenvalue weighted by Gasteiger charge is -2.40. The molecule has 2 fully saturated rings. The third kappa shape index (κ3) is 10.8. The number of piperidine rings is 1. The Labute approximate surface area is 263 Å². The maximum Gasteiger partial charge on any atom is 0.410 e. The average Bonchev–Trinajstić information content (AvgIpc) is 3.49. The van der Waals surface area contributed by atoms with Crippen LogP contribution in [-0.4, -0.2) is 83.5 Å². The fourth-order valence-electron chi connectivity index (χ4n) is 6.04. The zero-order chi connectivity index (χ0) is 32.5. The molecule has 2 unspecified atom stereocenters. The minimum atomic E-state index is -0.759. The Kier molecular flexibility index (Phi) is 12.6. The number of likely N-dealkylation sites (tertiary alicyclic amines) is 1. The van der Waals surface area contributed by atoms with Gasteiger partial charge in [0.05, 0.1) is 12.5 Å². The van der Waals surface area contributed by atoms with Gasteiger partial charge in [-0.25, -0.2) is 9.86 Å². The number of amides is 4. The molecule has 1 aliphatic carbocycles. The smallest absolute Gasteiger partial charge is 0.410 e. The highest BCUT2D eigenvalue weighted by Crippen LogP contribution is 2.32. The fraction of sp³-hybridized carbons (Fsp3) is 0.706. The van der Waals surface area contributed by atoms with Crippen molar-refractivity contribution in [1.82, 2.24) is 20.2 Å². The van der Waals surface area contributed by atoms with Gasteiger partial charge >= 0.3 is 6.09 Å². The molecule has 10 nitrogen and oxygen atoms in total. The molecule has 0 radical (unpaired) electrons. The molecule has 1 saturated carbocycles. The average molecular weight is 615 g/mol. The van der Waals surface area contributed by atoms with E-state index in [1.807, 2.05) is 71.9 Å². The lowest BCUT2D eigenvalue weighted by molar-refractivity contribution is -0.182. The van der Waals surface area contributed by atoms with E-state index in [0.29, 0.717) is 44.7 Å². The Morgan fingerprint density at radius 1 is 1.00 bits per heavy atom. The number of hydrogen-bond donors (Lipinski definition) is 1. The second-order valence-corrected chi connectivity index (χ2v) is 14.5. The quantitative estimate of drug-likeness (QED) is 0.257. The summed E-state index contributed by atoms with van der Waals surface area (Å²) in [6.45, 7) is 12.7. The Bertz CT molecular complexity index is 1090. The van der Waals surface area contributed by atoms with Crippen molar-refractivity contribution in [3.05, 3.63) is 35.9 Å². The first-order chi connectivity index (χ1) is 20.7. The summed E-state index contributed by atoms with van der Waals surface area (Å²) < 4.78 is 5.51. The van der Waals surface area contributed by atoms with E-state index in [-0.39, 0.29) is 37.1 Å². The van der Waals surface area contributed by atoms with Crippen molar-refractivity contribution in [2.45, 2.75) is 111 Å². The van der Waals surface area contributed by atoms with Crippen LogP contribution in [0.1, 0.15) is 92.1 Å². The highest BCUT2D eigenvalue weighted by Gasteiger charge is 2.39. The zero-order valence-corrected chi connectivity index (χ0v) is 27.8. The molecule has 1 saturated heterocycles. The van der Waals surface area contributed by atoms with Crippen LogP contribution in [0.2, 0.25) is 0 Å². The molecule has 4 amide bonds. The minimum Gasteiger partial charge on any atom is -0.444 e. The highest BCUT2D eigenvalue weighted by molar-refractivity contribution is 5.89. The highest BCUT2D eigenvalue weighted by atomic mass is 16.7. The molecule has 2 aliphatic rings. The molecule has 1 aromatic rings. The van der Waals surface area contributed by atoms with E-state index < -0.39 is 23.0 Å². The summed E-state index contributed by atoms with van der Waals surface area (Å²) in [5.74, 6) is -0.517. The molecule has 1 aromatic carbocycles. The van der Waals surface area contributed by atoms with Crippen molar-refractivity contribution in [2.24, 2.45) is 17.3 Å². The zero-order valence-electron chi connectivity index (χ0n) is 27.8. The molecule has 10 heteroatoms. The number of ether oxygens (including phenoxy) is 1. The first-order valence-electron chi connectivity index (χ1n) is 16.1. The topological polar surface area (TPSA) is 108 Å². The normalized spacial score (nSPS) is 17.9. The van der Waals surface area contributed by atoms with Gasteiger partial charge < -0.3 is 19.9 Å². The molecule has 1 aliphatic heterocycles. The predicted molar refractivity (Wildman–Crippen MR) is 169 cm³/mol. The van der Waals surface area contributed by atoms with Crippen LogP contribution >= 0.6 is 0 Å². The van der Waals surface area contributed by atoms with Gasteiger partial charge in [-0.05, 0) is 56.9 Å². The molecule has 1 N–H and O–H groups in total. The summed E-state index contributed by atoms with van der Waals surface area (Å²) in [6.07, 6.45) is 6.58. The van der Waals surface area contributed by atoms with Gasteiger partial charge in [0.15, 0.2) is 0 Å². The van der Waals surface area contributed by atoms with Gasteiger partial charge in [-0.15, -0.1) is 0 Å². The van der Waals surface area contributed by atoms with Crippen LogP contribution < -0.4 is 5.32 Å². The second kappa shape index (κ2) is 15.7. The van der Waals surface area contributed by atoms with Gasteiger partial charge in [-0.1, -0.05) is 76.8 Å². The third-order valence-electron chi connectivity index (χ3n) is 8.63. The molecular weight excluding hydrogens is 560 g/mol. The minimum absolute atomic E-state index is 0.0610. The third-order valence-corrected chi connectivity index (χ3v) is 8.63. The van der Waals surface area contributed by atoms with Crippen LogP contribution in [0.15, 0.2) is 30.3 Å². The number of nitrogens with zero attached hydrogens (tertiary/aromatic N) is 3. The van der Waals surface area contributed by atoms with Crippen LogP contribution in [0.25, 0.3) is 0 Å².